The predicted molar refractivity (Wildman–Crippen MR) is 107 cm³/mol. The number of nitrogens with zero attached hydrogens (tertiary/aromatic N) is 3. The van der Waals surface area contributed by atoms with Crippen LogP contribution in [0.2, 0.25) is 0 Å². The highest BCUT2D eigenvalue weighted by atomic mass is 32.1. The highest BCUT2D eigenvalue weighted by Gasteiger charge is 2.26. The molecule has 0 atom stereocenters. The summed E-state index contributed by atoms with van der Waals surface area (Å²) in [6, 6.07) is 13.1. The smallest absolute Gasteiger partial charge is 0.253 e. The van der Waals surface area contributed by atoms with Crippen LogP contribution in [-0.4, -0.2) is 52.8 Å². The molecule has 7 heteroatoms. The molecule has 1 aliphatic heterocycles. The molecule has 0 bridgehead atoms. The molecule has 0 spiro atoms. The summed E-state index contributed by atoms with van der Waals surface area (Å²) in [6.07, 6.45) is 0.216. The zero-order valence-corrected chi connectivity index (χ0v) is 16.4. The number of hydrogen-bond acceptors (Lipinski definition) is 5. The maximum atomic E-state index is 12.7. The third kappa shape index (κ3) is 3.84. The average Bonchev–Trinajstić information content (AvgIpc) is 3.38. The lowest BCUT2D eigenvalue weighted by molar-refractivity contribution is -0.132. The van der Waals surface area contributed by atoms with Crippen LogP contribution in [0.4, 0.5) is 0 Å². The molecular formula is C21H21N3O3S. The first kappa shape index (κ1) is 18.4. The topological polar surface area (TPSA) is 66.7 Å². The molecule has 3 aromatic rings. The van der Waals surface area contributed by atoms with E-state index in [2.05, 4.69) is 4.98 Å². The molecule has 1 saturated heterocycles. The Bertz CT molecular complexity index is 958. The Kier molecular flexibility index (Phi) is 5.25. The zero-order chi connectivity index (χ0) is 19.5. The van der Waals surface area contributed by atoms with Gasteiger partial charge in [-0.3, -0.25) is 9.59 Å². The van der Waals surface area contributed by atoms with Crippen molar-refractivity contribution in [2.45, 2.75) is 13.3 Å². The minimum absolute atomic E-state index is 0.0145. The fourth-order valence-corrected chi connectivity index (χ4v) is 3.92. The van der Waals surface area contributed by atoms with Crippen LogP contribution >= 0.6 is 11.3 Å². The molecule has 0 aliphatic carbocycles. The summed E-state index contributed by atoms with van der Waals surface area (Å²) >= 11 is 1.56. The summed E-state index contributed by atoms with van der Waals surface area (Å²) in [7, 11) is 0. The van der Waals surface area contributed by atoms with Crippen LogP contribution in [0.3, 0.4) is 0 Å². The first-order chi connectivity index (χ1) is 13.6. The number of hydrogen-bond donors (Lipinski definition) is 0. The van der Waals surface area contributed by atoms with Crippen LogP contribution in [0.5, 0.6) is 0 Å². The predicted octanol–water partition coefficient (Wildman–Crippen LogP) is 3.24. The van der Waals surface area contributed by atoms with Gasteiger partial charge in [0.25, 0.3) is 5.91 Å². The van der Waals surface area contributed by atoms with Crippen molar-refractivity contribution in [2.75, 3.05) is 26.2 Å². The minimum Gasteiger partial charge on any atom is -0.440 e. The normalized spacial score (nSPS) is 14.3. The molecule has 2 aromatic heterocycles. The van der Waals surface area contributed by atoms with Crippen molar-refractivity contribution in [3.05, 3.63) is 64.9 Å². The monoisotopic (exact) mass is 395 g/mol. The molecule has 4 rings (SSSR count). The van der Waals surface area contributed by atoms with E-state index < -0.39 is 0 Å². The number of piperazine rings is 1. The van der Waals surface area contributed by atoms with Gasteiger partial charge in [0.2, 0.25) is 11.8 Å². The van der Waals surface area contributed by atoms with E-state index in [1.807, 2.05) is 54.8 Å². The Balaban J connectivity index is 1.35. The summed E-state index contributed by atoms with van der Waals surface area (Å²) in [5.74, 6) is 1.27. The number of thiophene rings is 1. The molecule has 0 N–H and O–H groups in total. The first-order valence-electron chi connectivity index (χ1n) is 9.24. The second-order valence-corrected chi connectivity index (χ2v) is 7.66. The van der Waals surface area contributed by atoms with Gasteiger partial charge < -0.3 is 14.2 Å². The van der Waals surface area contributed by atoms with Gasteiger partial charge in [0.15, 0.2) is 0 Å². The molecule has 0 unspecified atom stereocenters. The molecule has 144 valence electrons. The second-order valence-electron chi connectivity index (χ2n) is 6.71. The van der Waals surface area contributed by atoms with Gasteiger partial charge in [-0.15, -0.1) is 11.3 Å². The summed E-state index contributed by atoms with van der Waals surface area (Å²) in [4.78, 5) is 34.3. The molecule has 3 heterocycles. The van der Waals surface area contributed by atoms with Crippen LogP contribution in [0.25, 0.3) is 10.8 Å². The minimum atomic E-state index is 0.0145. The quantitative estimate of drug-likeness (QED) is 0.680. The number of rotatable bonds is 4. The Morgan fingerprint density at radius 2 is 1.75 bits per heavy atom. The zero-order valence-electron chi connectivity index (χ0n) is 15.6. The van der Waals surface area contributed by atoms with E-state index in [9.17, 15) is 9.59 Å². The first-order valence-corrected chi connectivity index (χ1v) is 10.1. The van der Waals surface area contributed by atoms with E-state index in [0.29, 0.717) is 49.1 Å². The maximum Gasteiger partial charge on any atom is 0.253 e. The molecule has 6 nitrogen and oxygen atoms in total. The Morgan fingerprint density at radius 3 is 2.43 bits per heavy atom. The van der Waals surface area contributed by atoms with Gasteiger partial charge in [0, 0.05) is 31.7 Å². The lowest BCUT2D eigenvalue weighted by Gasteiger charge is -2.34. The van der Waals surface area contributed by atoms with Crippen molar-refractivity contribution in [2.24, 2.45) is 0 Å². The lowest BCUT2D eigenvalue weighted by Crippen LogP contribution is -2.51. The van der Waals surface area contributed by atoms with Gasteiger partial charge in [0.1, 0.15) is 5.76 Å². The fraction of sp³-hybridized carbons (Fsp3) is 0.286. The number of oxazole rings is 1. The van der Waals surface area contributed by atoms with Gasteiger partial charge >= 0.3 is 0 Å². The van der Waals surface area contributed by atoms with E-state index in [-0.39, 0.29) is 18.2 Å². The van der Waals surface area contributed by atoms with Crippen molar-refractivity contribution < 1.29 is 14.0 Å². The molecule has 0 saturated carbocycles. The van der Waals surface area contributed by atoms with Gasteiger partial charge in [-0.05, 0) is 30.5 Å². The van der Waals surface area contributed by atoms with Crippen molar-refractivity contribution in [1.29, 1.82) is 0 Å². The lowest BCUT2D eigenvalue weighted by atomic mass is 10.1. The fourth-order valence-electron chi connectivity index (χ4n) is 3.27. The van der Waals surface area contributed by atoms with E-state index in [4.69, 9.17) is 4.42 Å². The van der Waals surface area contributed by atoms with Gasteiger partial charge in [-0.1, -0.05) is 24.3 Å². The molecule has 0 radical (unpaired) electrons. The van der Waals surface area contributed by atoms with Gasteiger partial charge in [0.05, 0.1) is 17.0 Å². The van der Waals surface area contributed by atoms with Crippen molar-refractivity contribution >= 4 is 23.2 Å². The number of aromatic nitrogens is 1. The van der Waals surface area contributed by atoms with E-state index in [0.717, 1.165) is 4.88 Å². The van der Waals surface area contributed by atoms with Crippen molar-refractivity contribution in [3.8, 4) is 10.8 Å². The van der Waals surface area contributed by atoms with Crippen LogP contribution in [0, 0.1) is 6.92 Å². The number of amides is 2. The highest BCUT2D eigenvalue weighted by Crippen LogP contribution is 2.26. The van der Waals surface area contributed by atoms with Crippen LogP contribution in [-0.2, 0) is 11.2 Å². The van der Waals surface area contributed by atoms with E-state index in [1.54, 1.807) is 21.1 Å². The Hall–Kier alpha value is -2.93. The largest absolute Gasteiger partial charge is 0.440 e. The number of aryl methyl sites for hydroxylation is 1. The SMILES string of the molecule is Cc1oc(-c2cccs2)nc1CC(=O)N1CCN(C(=O)c2ccccc2)CC1. The van der Waals surface area contributed by atoms with E-state index >= 15 is 0 Å². The van der Waals surface area contributed by atoms with Crippen LogP contribution < -0.4 is 0 Å². The molecule has 1 aliphatic rings. The maximum absolute atomic E-state index is 12.7. The third-order valence-electron chi connectivity index (χ3n) is 4.88. The van der Waals surface area contributed by atoms with Gasteiger partial charge in [-0.2, -0.15) is 0 Å². The average molecular weight is 395 g/mol. The molecule has 1 aromatic carbocycles. The summed E-state index contributed by atoms with van der Waals surface area (Å²) < 4.78 is 5.72. The molecule has 2 amide bonds. The van der Waals surface area contributed by atoms with Gasteiger partial charge in [-0.25, -0.2) is 4.98 Å². The van der Waals surface area contributed by atoms with Crippen molar-refractivity contribution in [3.63, 3.8) is 0 Å². The van der Waals surface area contributed by atoms with Crippen LogP contribution in [0.15, 0.2) is 52.3 Å². The Morgan fingerprint density at radius 1 is 1.04 bits per heavy atom. The second kappa shape index (κ2) is 7.98. The molecule has 1 fully saturated rings. The molecule has 28 heavy (non-hydrogen) atoms. The third-order valence-corrected chi connectivity index (χ3v) is 5.74. The van der Waals surface area contributed by atoms with Crippen molar-refractivity contribution in [1.82, 2.24) is 14.8 Å². The number of carbonyl (C=O) groups is 2. The Labute approximate surface area is 167 Å². The summed E-state index contributed by atoms with van der Waals surface area (Å²) in [5.41, 5.74) is 1.36. The van der Waals surface area contributed by atoms with E-state index in [1.165, 1.54) is 0 Å². The standard InChI is InChI=1S/C21H21N3O3S/c1-15-17(22-20(27-15)18-8-5-13-28-18)14-19(25)23-9-11-24(12-10-23)21(26)16-6-3-2-4-7-16/h2-8,13H,9-12,14H2,1H3. The number of carbonyl (C=O) groups excluding carboxylic acids is 2. The highest BCUT2D eigenvalue weighted by molar-refractivity contribution is 7.13. The molecular weight excluding hydrogens is 374 g/mol. The van der Waals surface area contributed by atoms with Crippen LogP contribution in [0.1, 0.15) is 21.8 Å². The number of benzene rings is 1. The summed E-state index contributed by atoms with van der Waals surface area (Å²) in [5, 5.41) is 1.97. The summed E-state index contributed by atoms with van der Waals surface area (Å²) in [6.45, 7) is 3.98.